The molecule has 0 saturated heterocycles. The zero-order valence-corrected chi connectivity index (χ0v) is 12.0. The summed E-state index contributed by atoms with van der Waals surface area (Å²) in [6.07, 6.45) is 3.34. The number of imidazole rings is 1. The van der Waals surface area contributed by atoms with E-state index in [-0.39, 0.29) is 11.1 Å². The molecule has 0 bridgehead atoms. The molecule has 0 atom stereocenters. The average Bonchev–Trinajstić information content (AvgIpc) is 2.79. The number of aromatic nitrogens is 2. The molecule has 0 fully saturated rings. The molecule has 0 aromatic carbocycles. The first-order chi connectivity index (χ1) is 10.4. The molecule has 3 rings (SSSR count). The summed E-state index contributed by atoms with van der Waals surface area (Å²) in [6, 6.07) is 6.10. The number of anilines is 1. The Balaban J connectivity index is 2.47. The van der Waals surface area contributed by atoms with Crippen molar-refractivity contribution in [2.24, 2.45) is 0 Å². The molecule has 0 amide bonds. The van der Waals surface area contributed by atoms with Crippen LogP contribution in [0.1, 0.15) is 20.7 Å². The first-order valence-corrected chi connectivity index (χ1v) is 6.53. The second kappa shape index (κ2) is 4.73. The molecule has 22 heavy (non-hydrogen) atoms. The van der Waals surface area contributed by atoms with E-state index in [0.717, 1.165) is 5.95 Å². The molecule has 0 aliphatic heterocycles. The van der Waals surface area contributed by atoms with Gasteiger partial charge < -0.3 is 10.2 Å². The third kappa shape index (κ3) is 1.95. The van der Waals surface area contributed by atoms with E-state index in [9.17, 15) is 9.59 Å². The molecule has 112 valence electrons. The maximum atomic E-state index is 11.2. The van der Waals surface area contributed by atoms with Gasteiger partial charge in [-0.15, -0.1) is 0 Å². The van der Waals surface area contributed by atoms with Crippen molar-refractivity contribution in [2.75, 3.05) is 19.0 Å². The summed E-state index contributed by atoms with van der Waals surface area (Å²) in [6.45, 7) is 0. The number of hydrogen-bond acceptors (Lipinski definition) is 3. The fourth-order valence-corrected chi connectivity index (χ4v) is 2.56. The van der Waals surface area contributed by atoms with Crippen molar-refractivity contribution in [3.05, 3.63) is 47.8 Å². The Hall–Kier alpha value is -3.09. The maximum absolute atomic E-state index is 11.2. The van der Waals surface area contributed by atoms with Crippen molar-refractivity contribution in [3.8, 4) is 0 Å². The Morgan fingerprint density at radius 3 is 2.32 bits per heavy atom. The van der Waals surface area contributed by atoms with E-state index < -0.39 is 11.9 Å². The number of pyridine rings is 2. The molecular formula is C15H14N3O4+. The van der Waals surface area contributed by atoms with Gasteiger partial charge in [0.05, 0.1) is 37.6 Å². The van der Waals surface area contributed by atoms with Gasteiger partial charge in [0.25, 0.3) is 0 Å². The van der Waals surface area contributed by atoms with Crippen LogP contribution in [0.15, 0.2) is 36.7 Å². The summed E-state index contributed by atoms with van der Waals surface area (Å²) in [5.74, 6) is -1.26. The highest BCUT2D eigenvalue weighted by atomic mass is 16.4. The monoisotopic (exact) mass is 300 g/mol. The van der Waals surface area contributed by atoms with Gasteiger partial charge in [0.15, 0.2) is 0 Å². The van der Waals surface area contributed by atoms with Crippen LogP contribution in [0.3, 0.4) is 0 Å². The molecular weight excluding hydrogens is 286 g/mol. The minimum atomic E-state index is -1.03. The van der Waals surface area contributed by atoms with E-state index in [0.29, 0.717) is 11.0 Å². The zero-order chi connectivity index (χ0) is 16.0. The summed E-state index contributed by atoms with van der Waals surface area (Å²) >= 11 is 0. The van der Waals surface area contributed by atoms with Gasteiger partial charge in [-0.2, -0.15) is 0 Å². The Kier molecular flexibility index (Phi) is 2.98. The highest BCUT2D eigenvalue weighted by molar-refractivity contribution is 5.93. The quantitative estimate of drug-likeness (QED) is 0.708. The van der Waals surface area contributed by atoms with Crippen LogP contribution in [0.25, 0.3) is 11.0 Å². The first kappa shape index (κ1) is 13.9. The van der Waals surface area contributed by atoms with Crippen molar-refractivity contribution >= 4 is 28.9 Å². The van der Waals surface area contributed by atoms with Crippen molar-refractivity contribution < 1.29 is 24.2 Å². The van der Waals surface area contributed by atoms with Crippen LogP contribution in [0.4, 0.5) is 5.95 Å². The number of hydrogen-bond donors (Lipinski definition) is 2. The number of fused-ring (bicyclic) bond motifs is 3. The third-order valence-corrected chi connectivity index (χ3v) is 3.50. The Morgan fingerprint density at radius 1 is 1.09 bits per heavy atom. The molecule has 7 heteroatoms. The molecule has 0 aliphatic carbocycles. The lowest BCUT2D eigenvalue weighted by molar-refractivity contribution is -0.497. The molecule has 0 spiro atoms. The maximum Gasteiger partial charge on any atom is 0.369 e. The average molecular weight is 300 g/mol. The van der Waals surface area contributed by atoms with Crippen molar-refractivity contribution in [2.45, 2.75) is 0 Å². The minimum Gasteiger partial charge on any atom is -0.478 e. The molecule has 7 nitrogen and oxygen atoms in total. The van der Waals surface area contributed by atoms with E-state index in [1.54, 1.807) is 12.4 Å². The summed E-state index contributed by atoms with van der Waals surface area (Å²) < 4.78 is 3.65. The normalized spacial score (nSPS) is 11.0. The van der Waals surface area contributed by atoms with Crippen LogP contribution in [-0.2, 0) is 0 Å². The number of carbonyl (C=O) groups is 2. The number of carboxylic acids is 2. The lowest BCUT2D eigenvalue weighted by Gasteiger charge is -2.04. The largest absolute Gasteiger partial charge is 0.478 e. The van der Waals surface area contributed by atoms with Gasteiger partial charge in [0, 0.05) is 0 Å². The van der Waals surface area contributed by atoms with Gasteiger partial charge >= 0.3 is 17.9 Å². The van der Waals surface area contributed by atoms with Crippen LogP contribution in [0.5, 0.6) is 0 Å². The van der Waals surface area contributed by atoms with Crippen LogP contribution >= 0.6 is 0 Å². The Bertz CT molecular complexity index is 856. The van der Waals surface area contributed by atoms with Crippen LogP contribution in [0, 0.1) is 0 Å². The number of carboxylic acid groups (broad SMARTS) is 2. The molecule has 2 N–H and O–H groups in total. The zero-order valence-electron chi connectivity index (χ0n) is 12.0. The van der Waals surface area contributed by atoms with Gasteiger partial charge in [-0.05, 0) is 24.3 Å². The Morgan fingerprint density at radius 2 is 1.73 bits per heavy atom. The number of rotatable bonds is 3. The summed E-state index contributed by atoms with van der Waals surface area (Å²) in [5, 5.41) is 18.3. The van der Waals surface area contributed by atoms with Crippen molar-refractivity contribution in [1.29, 1.82) is 0 Å². The second-order valence-electron chi connectivity index (χ2n) is 5.15. The highest BCUT2D eigenvalue weighted by Crippen LogP contribution is 2.20. The fraction of sp³-hybridized carbons (Fsp3) is 0.133. The first-order valence-electron chi connectivity index (χ1n) is 6.53. The summed E-state index contributed by atoms with van der Waals surface area (Å²) in [7, 11) is 3.73. The van der Waals surface area contributed by atoms with Crippen LogP contribution in [0.2, 0.25) is 0 Å². The molecule has 3 aromatic rings. The lowest BCUT2D eigenvalue weighted by atomic mass is 10.2. The predicted octanol–water partition coefficient (Wildman–Crippen LogP) is 1.14. The third-order valence-electron chi connectivity index (χ3n) is 3.50. The van der Waals surface area contributed by atoms with E-state index in [1.165, 1.54) is 24.3 Å². The second-order valence-corrected chi connectivity index (χ2v) is 5.15. The van der Waals surface area contributed by atoms with Gasteiger partial charge in [-0.3, -0.25) is 4.90 Å². The van der Waals surface area contributed by atoms with E-state index in [1.807, 2.05) is 27.8 Å². The molecule has 0 aliphatic rings. The topological polar surface area (TPSA) is 86.3 Å². The predicted molar refractivity (Wildman–Crippen MR) is 78.8 cm³/mol. The van der Waals surface area contributed by atoms with Gasteiger partial charge in [0.1, 0.15) is 11.0 Å². The minimum absolute atomic E-state index is 0.151. The molecule has 0 saturated carbocycles. The van der Waals surface area contributed by atoms with Gasteiger partial charge in [-0.1, -0.05) is 0 Å². The van der Waals surface area contributed by atoms with E-state index >= 15 is 0 Å². The molecule has 3 aromatic heterocycles. The number of nitrogens with zero attached hydrogens (tertiary/aromatic N) is 3. The highest BCUT2D eigenvalue weighted by Gasteiger charge is 2.23. The van der Waals surface area contributed by atoms with E-state index in [2.05, 4.69) is 0 Å². The van der Waals surface area contributed by atoms with Gasteiger partial charge in [0.2, 0.25) is 0 Å². The number of aromatic carboxylic acids is 2. The Labute approximate surface area is 125 Å². The lowest BCUT2D eigenvalue weighted by Crippen LogP contribution is -2.29. The van der Waals surface area contributed by atoms with Crippen molar-refractivity contribution in [1.82, 2.24) is 4.40 Å². The standard InChI is InChI=1S/C15H13N3O4/c1-16(2)15-17-5-3-9(13(19)20)7-11(17)12-8-10(14(21)22)4-6-18(12)15/h3-8H,1-2H3,(H-,19,20,21,22)/p+1. The summed E-state index contributed by atoms with van der Waals surface area (Å²) in [4.78, 5) is 24.2. The van der Waals surface area contributed by atoms with Gasteiger partial charge in [-0.25, -0.2) is 18.4 Å². The molecule has 3 heterocycles. The smallest absolute Gasteiger partial charge is 0.369 e. The fourth-order valence-electron chi connectivity index (χ4n) is 2.56. The van der Waals surface area contributed by atoms with Crippen LogP contribution in [-0.4, -0.2) is 40.6 Å². The SMILES string of the molecule is CN(C)c1n2ccc(C(=O)O)cc2c2cc(C(=O)O)cc[n+]12. The van der Waals surface area contributed by atoms with Crippen molar-refractivity contribution in [3.63, 3.8) is 0 Å². The summed E-state index contributed by atoms with van der Waals surface area (Å²) in [5.41, 5.74) is 1.57. The molecule has 0 radical (unpaired) electrons. The molecule has 0 unspecified atom stereocenters. The van der Waals surface area contributed by atoms with E-state index in [4.69, 9.17) is 10.2 Å². The van der Waals surface area contributed by atoms with Crippen LogP contribution < -0.4 is 9.30 Å².